The standard InChI is InChI=1S/2C6H9N3O3/c2*7-5(6(11)12)2-1-4(10)3-9-8/h2*3,5H,1-2,7H2,(H,11,12)/t2*5-/m00/s1. The summed E-state index contributed by atoms with van der Waals surface area (Å²) in [6.07, 6.45) is 1.46. The topological polar surface area (TPSA) is 234 Å². The third kappa shape index (κ3) is 13.9. The second-order valence-electron chi connectivity index (χ2n) is 4.39. The molecule has 0 aromatic carbocycles. The van der Waals surface area contributed by atoms with Crippen molar-refractivity contribution in [3.05, 3.63) is 11.1 Å². The van der Waals surface area contributed by atoms with Crippen LogP contribution in [0, 0.1) is 0 Å². The average molecular weight is 342 g/mol. The highest BCUT2D eigenvalue weighted by atomic mass is 16.4. The Balaban J connectivity index is 0. The highest BCUT2D eigenvalue weighted by Gasteiger charge is 2.14. The molecule has 0 saturated carbocycles. The second kappa shape index (κ2) is 13.6. The summed E-state index contributed by atoms with van der Waals surface area (Å²) in [5, 5.41) is 16.6. The molecule has 0 aliphatic heterocycles. The molecule has 0 bridgehead atoms. The van der Waals surface area contributed by atoms with Gasteiger partial charge in [0, 0.05) is 12.8 Å². The first kappa shape index (κ1) is 23.2. The van der Waals surface area contributed by atoms with Gasteiger partial charge in [-0.05, 0) is 12.8 Å². The van der Waals surface area contributed by atoms with E-state index in [-0.39, 0.29) is 25.7 Å². The summed E-state index contributed by atoms with van der Waals surface area (Å²) in [5.41, 5.74) is 26.0. The van der Waals surface area contributed by atoms with E-state index in [1.165, 1.54) is 0 Å². The lowest BCUT2D eigenvalue weighted by molar-refractivity contribution is -0.139. The highest BCUT2D eigenvalue weighted by molar-refractivity contribution is 6.25. The molecule has 132 valence electrons. The molecule has 12 heteroatoms. The third-order valence-electron chi connectivity index (χ3n) is 2.44. The number of nitrogens with two attached hydrogens (primary N) is 2. The summed E-state index contributed by atoms with van der Waals surface area (Å²) >= 11 is 0. The fraction of sp³-hybridized carbons (Fsp3) is 0.500. The van der Waals surface area contributed by atoms with Crippen molar-refractivity contribution in [1.29, 1.82) is 0 Å². The molecule has 0 radical (unpaired) electrons. The van der Waals surface area contributed by atoms with Crippen molar-refractivity contribution in [2.45, 2.75) is 37.8 Å². The van der Waals surface area contributed by atoms with Crippen molar-refractivity contribution in [2.24, 2.45) is 11.5 Å². The van der Waals surface area contributed by atoms with Gasteiger partial charge in [-0.25, -0.2) is 0 Å². The van der Waals surface area contributed by atoms with Gasteiger partial charge in [0.2, 0.25) is 11.6 Å². The van der Waals surface area contributed by atoms with Gasteiger partial charge in [-0.2, -0.15) is 9.58 Å². The Bertz CT molecular complexity index is 514. The zero-order valence-corrected chi connectivity index (χ0v) is 12.6. The number of aliphatic carboxylic acids is 2. The summed E-state index contributed by atoms with van der Waals surface area (Å²) < 4.78 is 0. The first-order valence-corrected chi connectivity index (χ1v) is 6.53. The predicted molar refractivity (Wildman–Crippen MR) is 79.1 cm³/mol. The van der Waals surface area contributed by atoms with Crippen LogP contribution in [0.5, 0.6) is 0 Å². The number of ketones is 2. The maximum absolute atomic E-state index is 10.6. The van der Waals surface area contributed by atoms with Gasteiger partial charge in [-0.3, -0.25) is 19.2 Å². The van der Waals surface area contributed by atoms with Gasteiger partial charge in [0.25, 0.3) is 0 Å². The first-order chi connectivity index (χ1) is 11.1. The number of nitrogens with zero attached hydrogens (tertiary/aromatic N) is 4. The molecule has 0 amide bonds. The number of carbonyl (C=O) groups excluding carboxylic acids is 2. The molecular weight excluding hydrogens is 324 g/mol. The molecule has 0 aromatic rings. The van der Waals surface area contributed by atoms with Crippen LogP contribution in [0.15, 0.2) is 0 Å². The Morgan fingerprint density at radius 3 is 1.33 bits per heavy atom. The summed E-state index contributed by atoms with van der Waals surface area (Å²) in [7, 11) is 0. The van der Waals surface area contributed by atoms with Crippen LogP contribution in [0.1, 0.15) is 25.7 Å². The van der Waals surface area contributed by atoms with Gasteiger partial charge < -0.3 is 32.7 Å². The number of hydrogen-bond donors (Lipinski definition) is 4. The van der Waals surface area contributed by atoms with Gasteiger partial charge in [0.1, 0.15) is 12.1 Å². The fourth-order valence-electron chi connectivity index (χ4n) is 1.10. The molecule has 0 aliphatic rings. The largest absolute Gasteiger partial charge is 0.480 e. The summed E-state index contributed by atoms with van der Waals surface area (Å²) in [6.45, 7) is 0. The molecule has 6 N–H and O–H groups in total. The second-order valence-corrected chi connectivity index (χ2v) is 4.39. The number of hydrogen-bond acceptors (Lipinski definition) is 6. The van der Waals surface area contributed by atoms with Gasteiger partial charge >= 0.3 is 24.4 Å². The number of Topliss-reactive ketones (excluding diaryl/α,β-unsaturated/α-hetero) is 2. The van der Waals surface area contributed by atoms with Gasteiger partial charge in [-0.1, -0.05) is 0 Å². The number of carbonyl (C=O) groups is 4. The number of rotatable bonds is 10. The summed E-state index contributed by atoms with van der Waals surface area (Å²) in [6, 6.07) is -2.08. The minimum absolute atomic E-state index is 0.0302. The maximum atomic E-state index is 10.6. The van der Waals surface area contributed by atoms with Crippen molar-refractivity contribution < 1.29 is 39.0 Å². The van der Waals surface area contributed by atoms with Crippen molar-refractivity contribution in [2.75, 3.05) is 0 Å². The van der Waals surface area contributed by atoms with Gasteiger partial charge in [0.15, 0.2) is 0 Å². The Labute approximate surface area is 136 Å². The Kier molecular flexibility index (Phi) is 13.2. The van der Waals surface area contributed by atoms with Crippen molar-refractivity contribution in [1.82, 2.24) is 0 Å². The lowest BCUT2D eigenvalue weighted by atomic mass is 10.1. The monoisotopic (exact) mass is 342 g/mol. The van der Waals surface area contributed by atoms with Crippen LogP contribution in [0.4, 0.5) is 0 Å². The van der Waals surface area contributed by atoms with Crippen LogP contribution in [-0.2, 0) is 19.2 Å². The Hall–Kier alpha value is -3.04. The van der Waals surface area contributed by atoms with Crippen LogP contribution in [-0.4, -0.2) is 67.8 Å². The molecule has 0 aliphatic carbocycles. The molecule has 24 heavy (non-hydrogen) atoms. The zero-order valence-electron chi connectivity index (χ0n) is 12.6. The molecule has 0 fully saturated rings. The van der Waals surface area contributed by atoms with Crippen molar-refractivity contribution in [3.63, 3.8) is 0 Å². The van der Waals surface area contributed by atoms with E-state index in [1.807, 2.05) is 0 Å². The summed E-state index contributed by atoms with van der Waals surface area (Å²) in [5.74, 6) is -3.20. The van der Waals surface area contributed by atoms with Crippen molar-refractivity contribution >= 4 is 35.9 Å². The molecule has 0 heterocycles. The van der Waals surface area contributed by atoms with E-state index < -0.39 is 35.6 Å². The lowest BCUT2D eigenvalue weighted by Crippen LogP contribution is -2.30. The van der Waals surface area contributed by atoms with E-state index in [9.17, 15) is 19.2 Å². The van der Waals surface area contributed by atoms with Gasteiger partial charge in [0.05, 0.1) is 0 Å². The SMILES string of the molecule is [N-]=[N+]=CC(=O)CC[C@H](N)C(=O)O.[N-]=[N+]=CC(=O)CC[C@H](N)C(=O)O. The van der Waals surface area contributed by atoms with E-state index in [1.54, 1.807) is 0 Å². The first-order valence-electron chi connectivity index (χ1n) is 6.53. The van der Waals surface area contributed by atoms with Crippen LogP contribution in [0.25, 0.3) is 11.1 Å². The fourth-order valence-corrected chi connectivity index (χ4v) is 1.10. The minimum atomic E-state index is -1.15. The maximum Gasteiger partial charge on any atom is 0.323 e. The lowest BCUT2D eigenvalue weighted by Gasteiger charge is -2.01. The van der Waals surface area contributed by atoms with Crippen LogP contribution < -0.4 is 11.5 Å². The molecule has 0 aromatic heterocycles. The number of carboxylic acid groups (broad SMARTS) is 2. The van der Waals surface area contributed by atoms with E-state index in [2.05, 4.69) is 9.58 Å². The normalized spacial score (nSPS) is 11.4. The zero-order chi connectivity index (χ0) is 19.1. The molecule has 0 unspecified atom stereocenters. The van der Waals surface area contributed by atoms with Gasteiger partial charge in [-0.15, -0.1) is 0 Å². The molecule has 12 nitrogen and oxygen atoms in total. The van der Waals surface area contributed by atoms with Crippen LogP contribution >= 0.6 is 0 Å². The van der Waals surface area contributed by atoms with E-state index in [4.69, 9.17) is 32.7 Å². The van der Waals surface area contributed by atoms with Crippen LogP contribution in [0.3, 0.4) is 0 Å². The third-order valence-corrected chi connectivity index (χ3v) is 2.44. The van der Waals surface area contributed by atoms with Crippen molar-refractivity contribution in [3.8, 4) is 0 Å². The van der Waals surface area contributed by atoms with E-state index >= 15 is 0 Å². The highest BCUT2D eigenvalue weighted by Crippen LogP contribution is 1.94. The number of carboxylic acids is 2. The summed E-state index contributed by atoms with van der Waals surface area (Å²) in [4.78, 5) is 46.5. The smallest absolute Gasteiger partial charge is 0.323 e. The van der Waals surface area contributed by atoms with E-state index in [0.717, 1.165) is 0 Å². The van der Waals surface area contributed by atoms with Crippen LogP contribution in [0.2, 0.25) is 0 Å². The Morgan fingerprint density at radius 2 is 1.12 bits per heavy atom. The molecule has 0 rings (SSSR count). The molecule has 0 saturated heterocycles. The van der Waals surface area contributed by atoms with E-state index in [0.29, 0.717) is 12.4 Å². The predicted octanol–water partition coefficient (Wildman–Crippen LogP) is -1.90. The molecule has 2 atom stereocenters. The average Bonchev–Trinajstić information content (AvgIpc) is 2.51. The molecular formula is C12H18N6O6. The quantitative estimate of drug-likeness (QED) is 0.198. The molecule has 0 spiro atoms. The minimum Gasteiger partial charge on any atom is -0.480 e. The Morgan fingerprint density at radius 1 is 0.833 bits per heavy atom.